The highest BCUT2D eigenvalue weighted by Crippen LogP contribution is 2.35. The molecule has 1 fully saturated rings. The molecule has 0 bridgehead atoms. The largest absolute Gasteiger partial charge is 0.393 e. The SMILES string of the molecule is CC.CC1CC(C(F)(F)F)CN1C. The molecule has 1 aliphatic heterocycles. The third-order valence-corrected chi connectivity index (χ3v) is 2.35. The molecule has 0 aromatic rings. The van der Waals surface area contributed by atoms with Crippen LogP contribution in [0.4, 0.5) is 13.2 Å². The zero-order valence-corrected chi connectivity index (χ0v) is 8.65. The van der Waals surface area contributed by atoms with Crippen molar-refractivity contribution in [2.75, 3.05) is 13.6 Å². The van der Waals surface area contributed by atoms with Gasteiger partial charge in [0.2, 0.25) is 0 Å². The van der Waals surface area contributed by atoms with E-state index in [2.05, 4.69) is 0 Å². The number of nitrogens with zero attached hydrogens (tertiary/aromatic N) is 1. The van der Waals surface area contributed by atoms with E-state index in [1.807, 2.05) is 20.8 Å². The Morgan fingerprint density at radius 1 is 1.23 bits per heavy atom. The Bertz CT molecular complexity index is 134. The van der Waals surface area contributed by atoms with Crippen LogP contribution in [0.25, 0.3) is 0 Å². The summed E-state index contributed by atoms with van der Waals surface area (Å²) in [7, 11) is 1.73. The molecule has 0 aliphatic carbocycles. The van der Waals surface area contributed by atoms with Gasteiger partial charge >= 0.3 is 6.18 Å². The van der Waals surface area contributed by atoms with Crippen molar-refractivity contribution in [1.29, 1.82) is 0 Å². The molecule has 0 N–H and O–H groups in total. The summed E-state index contributed by atoms with van der Waals surface area (Å²) < 4.78 is 36.2. The summed E-state index contributed by atoms with van der Waals surface area (Å²) in [4.78, 5) is 1.75. The maximum absolute atomic E-state index is 12.1. The summed E-state index contributed by atoms with van der Waals surface area (Å²) in [6.45, 7) is 5.98. The zero-order chi connectivity index (χ0) is 10.6. The van der Waals surface area contributed by atoms with Crippen LogP contribution in [0.5, 0.6) is 0 Å². The minimum absolute atomic E-state index is 0.0709. The summed E-state index contributed by atoms with van der Waals surface area (Å²) in [6, 6.07) is 0.0709. The van der Waals surface area contributed by atoms with Gasteiger partial charge in [-0.3, -0.25) is 0 Å². The lowest BCUT2D eigenvalue weighted by Gasteiger charge is -2.14. The van der Waals surface area contributed by atoms with Gasteiger partial charge in [0.05, 0.1) is 5.92 Å². The maximum atomic E-state index is 12.1. The summed E-state index contributed by atoms with van der Waals surface area (Å²) in [5.74, 6) is -1.11. The van der Waals surface area contributed by atoms with Gasteiger partial charge in [0.15, 0.2) is 0 Å². The molecule has 1 heterocycles. The number of rotatable bonds is 0. The monoisotopic (exact) mass is 197 g/mol. The Kier molecular flexibility index (Phi) is 4.75. The number of alkyl halides is 3. The van der Waals surface area contributed by atoms with Crippen molar-refractivity contribution in [1.82, 2.24) is 4.90 Å². The van der Waals surface area contributed by atoms with Crippen molar-refractivity contribution in [2.45, 2.75) is 39.4 Å². The minimum atomic E-state index is -4.00. The Hall–Kier alpha value is -0.250. The van der Waals surface area contributed by atoms with Crippen LogP contribution in [0.3, 0.4) is 0 Å². The molecule has 2 atom stereocenters. The van der Waals surface area contributed by atoms with E-state index in [0.29, 0.717) is 0 Å². The maximum Gasteiger partial charge on any atom is 0.393 e. The Morgan fingerprint density at radius 2 is 1.69 bits per heavy atom. The molecule has 1 rings (SSSR count). The fraction of sp³-hybridized carbons (Fsp3) is 1.00. The molecule has 0 spiro atoms. The van der Waals surface area contributed by atoms with Crippen LogP contribution >= 0.6 is 0 Å². The van der Waals surface area contributed by atoms with Crippen LogP contribution in [-0.4, -0.2) is 30.7 Å². The fourth-order valence-electron chi connectivity index (χ4n) is 1.43. The number of likely N-dealkylation sites (tertiary alicyclic amines) is 1. The highest BCUT2D eigenvalue weighted by atomic mass is 19.4. The van der Waals surface area contributed by atoms with E-state index in [-0.39, 0.29) is 19.0 Å². The summed E-state index contributed by atoms with van der Waals surface area (Å²) in [5, 5.41) is 0. The molecule has 80 valence electrons. The second-order valence-electron chi connectivity index (χ2n) is 3.26. The Labute approximate surface area is 77.9 Å². The first-order chi connectivity index (χ1) is 5.91. The predicted molar refractivity (Wildman–Crippen MR) is 47.6 cm³/mol. The van der Waals surface area contributed by atoms with Crippen molar-refractivity contribution in [3.8, 4) is 0 Å². The topological polar surface area (TPSA) is 3.24 Å². The average molecular weight is 197 g/mol. The van der Waals surface area contributed by atoms with Gasteiger partial charge in [-0.1, -0.05) is 13.8 Å². The Balaban J connectivity index is 0.000000671. The first-order valence-electron chi connectivity index (χ1n) is 4.68. The highest BCUT2D eigenvalue weighted by molar-refractivity contribution is 4.83. The summed E-state index contributed by atoms with van der Waals surface area (Å²) in [6.07, 6.45) is -3.75. The van der Waals surface area contributed by atoms with Crippen LogP contribution in [-0.2, 0) is 0 Å². The van der Waals surface area contributed by atoms with Gasteiger partial charge in [0.1, 0.15) is 0 Å². The highest BCUT2D eigenvalue weighted by Gasteiger charge is 2.44. The lowest BCUT2D eigenvalue weighted by Crippen LogP contribution is -2.26. The van der Waals surface area contributed by atoms with Gasteiger partial charge < -0.3 is 4.90 Å². The lowest BCUT2D eigenvalue weighted by molar-refractivity contribution is -0.170. The van der Waals surface area contributed by atoms with E-state index in [1.165, 1.54) is 0 Å². The van der Waals surface area contributed by atoms with Crippen molar-refractivity contribution >= 4 is 0 Å². The van der Waals surface area contributed by atoms with E-state index in [9.17, 15) is 13.2 Å². The molecular formula is C9H18F3N. The normalized spacial score (nSPS) is 29.8. The summed E-state index contributed by atoms with van der Waals surface area (Å²) in [5.41, 5.74) is 0. The quantitative estimate of drug-likeness (QED) is 0.577. The average Bonchev–Trinajstić information content (AvgIpc) is 2.35. The van der Waals surface area contributed by atoms with Crippen molar-refractivity contribution in [3.05, 3.63) is 0 Å². The first kappa shape index (κ1) is 12.8. The van der Waals surface area contributed by atoms with E-state index in [0.717, 1.165) is 0 Å². The molecule has 4 heteroatoms. The van der Waals surface area contributed by atoms with Crippen LogP contribution in [0.1, 0.15) is 27.2 Å². The third kappa shape index (κ3) is 3.55. The molecule has 0 amide bonds. The van der Waals surface area contributed by atoms with Crippen molar-refractivity contribution in [3.63, 3.8) is 0 Å². The van der Waals surface area contributed by atoms with E-state index < -0.39 is 12.1 Å². The number of hydrogen-bond donors (Lipinski definition) is 0. The molecule has 0 aromatic carbocycles. The first-order valence-corrected chi connectivity index (χ1v) is 4.68. The van der Waals surface area contributed by atoms with Gasteiger partial charge in [-0.2, -0.15) is 13.2 Å². The van der Waals surface area contributed by atoms with Gasteiger partial charge in [-0.05, 0) is 20.4 Å². The molecule has 13 heavy (non-hydrogen) atoms. The van der Waals surface area contributed by atoms with Crippen LogP contribution in [0.2, 0.25) is 0 Å². The van der Waals surface area contributed by atoms with Gasteiger partial charge in [-0.25, -0.2) is 0 Å². The number of hydrogen-bond acceptors (Lipinski definition) is 1. The third-order valence-electron chi connectivity index (χ3n) is 2.35. The van der Waals surface area contributed by atoms with E-state index in [1.54, 1.807) is 11.9 Å². The molecule has 0 aromatic heterocycles. The molecule has 1 aliphatic rings. The molecule has 2 unspecified atom stereocenters. The smallest absolute Gasteiger partial charge is 0.303 e. The molecule has 0 radical (unpaired) electrons. The van der Waals surface area contributed by atoms with Crippen LogP contribution in [0.15, 0.2) is 0 Å². The van der Waals surface area contributed by atoms with E-state index >= 15 is 0 Å². The zero-order valence-electron chi connectivity index (χ0n) is 8.65. The fourth-order valence-corrected chi connectivity index (χ4v) is 1.43. The Morgan fingerprint density at radius 3 is 1.85 bits per heavy atom. The van der Waals surface area contributed by atoms with Crippen LogP contribution < -0.4 is 0 Å². The summed E-state index contributed by atoms with van der Waals surface area (Å²) >= 11 is 0. The van der Waals surface area contributed by atoms with Gasteiger partial charge in [0.25, 0.3) is 0 Å². The van der Waals surface area contributed by atoms with Crippen molar-refractivity contribution < 1.29 is 13.2 Å². The minimum Gasteiger partial charge on any atom is -0.303 e. The molecule has 0 saturated carbocycles. The van der Waals surface area contributed by atoms with Gasteiger partial charge in [0, 0.05) is 12.6 Å². The van der Waals surface area contributed by atoms with Crippen molar-refractivity contribution in [2.24, 2.45) is 5.92 Å². The lowest BCUT2D eigenvalue weighted by atomic mass is 10.1. The van der Waals surface area contributed by atoms with Crippen LogP contribution in [0, 0.1) is 5.92 Å². The molecule has 1 saturated heterocycles. The predicted octanol–water partition coefficient (Wildman–Crippen LogP) is 2.92. The second-order valence-corrected chi connectivity index (χ2v) is 3.26. The molecular weight excluding hydrogens is 179 g/mol. The number of halogens is 3. The van der Waals surface area contributed by atoms with Gasteiger partial charge in [-0.15, -0.1) is 0 Å². The molecule has 1 nitrogen and oxygen atoms in total. The standard InChI is InChI=1S/C7H12F3N.C2H6/c1-5-3-6(4-11(5)2)7(8,9)10;1-2/h5-6H,3-4H2,1-2H3;1-2H3. The second kappa shape index (κ2) is 4.84. The van der Waals surface area contributed by atoms with E-state index in [4.69, 9.17) is 0 Å².